The van der Waals surface area contributed by atoms with Crippen molar-refractivity contribution in [3.63, 3.8) is 0 Å². The van der Waals surface area contributed by atoms with Gasteiger partial charge in [0, 0.05) is 36.8 Å². The van der Waals surface area contributed by atoms with Gasteiger partial charge in [-0.3, -0.25) is 0 Å². The van der Waals surface area contributed by atoms with Crippen LogP contribution in [0.5, 0.6) is 11.5 Å². The maximum absolute atomic E-state index is 6.27. The second-order valence-electron chi connectivity index (χ2n) is 9.93. The standard InChI is InChI=1S/C31H30N4O.Pt/c1-31(2)27-15-5-6-16-28(27)35(22-33(31)4)24-12-10-14-26(20-24)36-25-13-9-11-23(19-25)34-21-32(3)29-17-7-8-18-30(29)34;/h5-18,21-22,32-33H,1-4H3;/q-2;+4. The van der Waals surface area contributed by atoms with Crippen LogP contribution in [-0.2, 0) is 26.6 Å². The summed E-state index contributed by atoms with van der Waals surface area (Å²) in [5.41, 5.74) is 6.75. The fraction of sp³-hybridized carbons (Fsp3) is 0.161. The molecule has 0 saturated heterocycles. The molecule has 0 fully saturated rings. The summed E-state index contributed by atoms with van der Waals surface area (Å²) in [6.07, 6.45) is 0. The first-order valence-electron chi connectivity index (χ1n) is 12.3. The van der Waals surface area contributed by atoms with Gasteiger partial charge in [-0.1, -0.05) is 41.7 Å². The van der Waals surface area contributed by atoms with Gasteiger partial charge >= 0.3 is 21.1 Å². The Hall–Kier alpha value is -3.11. The van der Waals surface area contributed by atoms with Gasteiger partial charge in [-0.05, 0) is 45.4 Å². The number of rotatable bonds is 4. The van der Waals surface area contributed by atoms with Crippen molar-refractivity contribution in [3.8, 4) is 11.5 Å². The number of nitrogens with one attached hydrogen (secondary N) is 2. The van der Waals surface area contributed by atoms with Gasteiger partial charge in [0.15, 0.2) is 0 Å². The van der Waals surface area contributed by atoms with Crippen LogP contribution in [0.1, 0.15) is 19.4 Å². The molecule has 2 atom stereocenters. The number of hydrogen-bond acceptors (Lipinski definition) is 3. The molecule has 0 amide bonds. The number of fused-ring (bicyclic) bond motifs is 2. The summed E-state index contributed by atoms with van der Waals surface area (Å²) >= 11 is 0. The molecule has 4 aromatic rings. The number of nitrogens with zero attached hydrogens (tertiary/aromatic N) is 2. The number of benzene rings is 4. The van der Waals surface area contributed by atoms with E-state index in [1.165, 1.54) is 26.7 Å². The Balaban J connectivity index is 0.00000280. The first-order valence-corrected chi connectivity index (χ1v) is 12.3. The van der Waals surface area contributed by atoms with Crippen LogP contribution in [0.15, 0.2) is 84.9 Å². The largest absolute Gasteiger partial charge is 4.00 e. The minimum atomic E-state index is -0.0163. The zero-order valence-corrected chi connectivity index (χ0v) is 23.6. The molecular formula is C31H30N4OPt+2. The third-order valence-corrected chi connectivity index (χ3v) is 7.30. The number of para-hydroxylation sites is 3. The summed E-state index contributed by atoms with van der Waals surface area (Å²) in [5.74, 6) is 1.31. The van der Waals surface area contributed by atoms with E-state index in [1.807, 2.05) is 24.3 Å². The predicted octanol–water partition coefficient (Wildman–Crippen LogP) is 4.51. The molecule has 0 radical (unpaired) electrons. The summed E-state index contributed by atoms with van der Waals surface area (Å²) in [7, 11) is 4.33. The Kier molecular flexibility index (Phi) is 6.89. The van der Waals surface area contributed by atoms with E-state index < -0.39 is 0 Å². The number of ether oxygens (including phenoxy) is 1. The van der Waals surface area contributed by atoms with Crippen LogP contribution in [0.25, 0.3) is 0 Å². The third-order valence-electron chi connectivity index (χ3n) is 7.30. The van der Waals surface area contributed by atoms with E-state index in [4.69, 9.17) is 4.74 Å². The molecule has 2 heterocycles. The molecular weight excluding hydrogens is 639 g/mol. The molecule has 4 aromatic carbocycles. The van der Waals surface area contributed by atoms with Crippen molar-refractivity contribution >= 4 is 28.4 Å². The Bertz CT molecular complexity index is 1420. The number of anilines is 4. The van der Waals surface area contributed by atoms with Crippen LogP contribution in [0.4, 0.5) is 28.4 Å². The van der Waals surface area contributed by atoms with Crippen molar-refractivity contribution in [1.82, 2.24) is 0 Å². The van der Waals surface area contributed by atoms with E-state index in [9.17, 15) is 0 Å². The molecule has 2 N–H and O–H groups in total. The molecule has 6 rings (SSSR count). The first-order chi connectivity index (χ1) is 17.4. The summed E-state index contributed by atoms with van der Waals surface area (Å²) in [6.45, 7) is 8.91. The third kappa shape index (κ3) is 4.57. The molecule has 2 aliphatic rings. The molecule has 2 aliphatic heterocycles. The van der Waals surface area contributed by atoms with Crippen LogP contribution in [0, 0.1) is 25.5 Å². The maximum Gasteiger partial charge on any atom is 4.00 e. The van der Waals surface area contributed by atoms with E-state index in [0.717, 1.165) is 17.1 Å². The van der Waals surface area contributed by atoms with Gasteiger partial charge < -0.3 is 24.3 Å². The zero-order valence-electron chi connectivity index (χ0n) is 21.4. The predicted molar refractivity (Wildman–Crippen MR) is 143 cm³/mol. The molecule has 5 nitrogen and oxygen atoms in total. The Morgan fingerprint density at radius 1 is 0.703 bits per heavy atom. The molecule has 0 saturated carbocycles. The van der Waals surface area contributed by atoms with Crippen LogP contribution < -0.4 is 24.3 Å². The second-order valence-corrected chi connectivity index (χ2v) is 9.93. The first kappa shape index (κ1) is 25.5. The molecule has 37 heavy (non-hydrogen) atoms. The molecule has 6 heteroatoms. The SMILES string of the molecule is C[NH+]1[CH-]N(c2[c-]c(Oc3[c-]c(N4[CH-][NH+](C)C(C)(C)c5ccccc54)ccc3)ccc2)c2ccccc21.[Pt+4]. The average Bonchev–Trinajstić information content (AvgIpc) is 3.23. The van der Waals surface area contributed by atoms with E-state index >= 15 is 0 Å². The Morgan fingerprint density at radius 2 is 1.27 bits per heavy atom. The molecule has 0 bridgehead atoms. The fourth-order valence-electron chi connectivity index (χ4n) is 4.99. The monoisotopic (exact) mass is 669 g/mol. The average molecular weight is 670 g/mol. The summed E-state index contributed by atoms with van der Waals surface area (Å²) < 4.78 is 6.27. The van der Waals surface area contributed by atoms with Crippen molar-refractivity contribution < 1.29 is 35.6 Å². The van der Waals surface area contributed by atoms with Crippen molar-refractivity contribution in [3.05, 3.63) is 116 Å². The summed E-state index contributed by atoms with van der Waals surface area (Å²) in [6, 6.07) is 35.9. The number of quaternary nitrogens is 2. The van der Waals surface area contributed by atoms with Gasteiger partial charge in [0.2, 0.25) is 0 Å². The van der Waals surface area contributed by atoms with Crippen LogP contribution in [0.2, 0.25) is 0 Å². The van der Waals surface area contributed by atoms with Crippen molar-refractivity contribution in [2.75, 3.05) is 23.9 Å². The molecule has 0 aromatic heterocycles. The summed E-state index contributed by atoms with van der Waals surface area (Å²) in [5, 5.41) is 0. The van der Waals surface area contributed by atoms with E-state index in [0.29, 0.717) is 11.5 Å². The van der Waals surface area contributed by atoms with Gasteiger partial charge in [-0.2, -0.15) is 12.1 Å². The van der Waals surface area contributed by atoms with Crippen molar-refractivity contribution in [2.24, 2.45) is 0 Å². The van der Waals surface area contributed by atoms with E-state index in [2.05, 4.69) is 124 Å². The molecule has 0 spiro atoms. The molecule has 0 aliphatic carbocycles. The number of hydrogen-bond donors (Lipinski definition) is 2. The van der Waals surface area contributed by atoms with E-state index in [-0.39, 0.29) is 26.6 Å². The minimum Gasteiger partial charge on any atom is -0.509 e. The maximum atomic E-state index is 6.27. The quantitative estimate of drug-likeness (QED) is 0.313. The van der Waals surface area contributed by atoms with Crippen molar-refractivity contribution in [2.45, 2.75) is 19.4 Å². The van der Waals surface area contributed by atoms with Gasteiger partial charge in [-0.25, -0.2) is 0 Å². The van der Waals surface area contributed by atoms with Crippen LogP contribution >= 0.6 is 0 Å². The Labute approximate surface area is 234 Å². The van der Waals surface area contributed by atoms with Crippen molar-refractivity contribution in [1.29, 1.82) is 0 Å². The van der Waals surface area contributed by atoms with Gasteiger partial charge in [0.05, 0.1) is 11.2 Å². The Morgan fingerprint density at radius 3 is 1.95 bits per heavy atom. The van der Waals surface area contributed by atoms with E-state index in [1.54, 1.807) is 0 Å². The summed E-state index contributed by atoms with van der Waals surface area (Å²) in [4.78, 5) is 6.91. The molecule has 2 unspecified atom stereocenters. The van der Waals surface area contributed by atoms with Crippen LogP contribution in [-0.4, -0.2) is 14.1 Å². The van der Waals surface area contributed by atoms with Gasteiger partial charge in [0.1, 0.15) is 5.69 Å². The topological polar surface area (TPSA) is 24.6 Å². The smallest absolute Gasteiger partial charge is 0.509 e. The van der Waals surface area contributed by atoms with Gasteiger partial charge in [0.25, 0.3) is 0 Å². The minimum absolute atomic E-state index is 0. The van der Waals surface area contributed by atoms with Gasteiger partial charge in [-0.15, -0.1) is 36.4 Å². The fourth-order valence-corrected chi connectivity index (χ4v) is 4.99. The normalized spacial score (nSPS) is 19.6. The second kappa shape index (κ2) is 9.98. The van der Waals surface area contributed by atoms with Crippen LogP contribution in [0.3, 0.4) is 0 Å². The zero-order chi connectivity index (χ0) is 24.9. The molecule has 188 valence electrons.